The Morgan fingerprint density at radius 1 is 1.35 bits per heavy atom. The van der Waals surface area contributed by atoms with E-state index in [1.165, 1.54) is 22.2 Å². The molecule has 1 N–H and O–H groups in total. The molecule has 3 aliphatic heterocycles. The molecule has 4 atom stereocenters. The predicted molar refractivity (Wildman–Crippen MR) is 127 cm³/mol. The molecule has 0 saturated carbocycles. The third kappa shape index (κ3) is 5.14. The largest absolute Gasteiger partial charge is 0.383 e. The van der Waals surface area contributed by atoms with E-state index < -0.39 is 0 Å². The number of ether oxygens (including phenoxy) is 1. The molecule has 4 heterocycles. The van der Waals surface area contributed by atoms with E-state index in [0.717, 1.165) is 24.4 Å². The van der Waals surface area contributed by atoms with Crippen molar-refractivity contribution in [1.82, 2.24) is 15.1 Å². The summed E-state index contributed by atoms with van der Waals surface area (Å²) in [6, 6.07) is 1.99. The van der Waals surface area contributed by atoms with Crippen LogP contribution in [0.2, 0.25) is 0 Å². The third-order valence-electron chi connectivity index (χ3n) is 6.27. The maximum absolute atomic E-state index is 13.5. The molecular formula is C22H30ClN3O3S2. The first kappa shape index (κ1) is 23.1. The SMILES string of the molecule is COC[C@@H]1C[C@@H](NC(=O)C2CC=C(Cl)S2)CN1C(=O)c1cc2c(s1)C(C)CN(C)CC2. The van der Waals surface area contributed by atoms with Crippen LogP contribution in [0.15, 0.2) is 16.5 Å². The fraction of sp³-hybridized carbons (Fsp3) is 0.636. The monoisotopic (exact) mass is 483 g/mol. The highest BCUT2D eigenvalue weighted by Crippen LogP contribution is 2.36. The Morgan fingerprint density at radius 3 is 2.87 bits per heavy atom. The zero-order valence-electron chi connectivity index (χ0n) is 18.2. The number of allylic oxidation sites excluding steroid dienone is 1. The smallest absolute Gasteiger partial charge is 0.264 e. The highest BCUT2D eigenvalue weighted by atomic mass is 35.5. The van der Waals surface area contributed by atoms with Crippen molar-refractivity contribution in [3.05, 3.63) is 31.8 Å². The van der Waals surface area contributed by atoms with E-state index in [0.29, 0.717) is 36.3 Å². The van der Waals surface area contributed by atoms with Gasteiger partial charge in [0.2, 0.25) is 5.91 Å². The Balaban J connectivity index is 1.45. The highest BCUT2D eigenvalue weighted by Gasteiger charge is 2.38. The van der Waals surface area contributed by atoms with Gasteiger partial charge in [0, 0.05) is 43.6 Å². The number of likely N-dealkylation sites (N-methyl/N-ethyl adjacent to an activating group) is 1. The number of hydrogen-bond donors (Lipinski definition) is 1. The normalized spacial score (nSPS) is 28.9. The van der Waals surface area contributed by atoms with E-state index in [9.17, 15) is 9.59 Å². The lowest BCUT2D eigenvalue weighted by atomic mass is 10.1. The second-order valence-electron chi connectivity index (χ2n) is 8.77. The van der Waals surface area contributed by atoms with Crippen LogP contribution in [-0.2, 0) is 16.0 Å². The first-order valence-corrected chi connectivity index (χ1v) is 12.9. The lowest BCUT2D eigenvalue weighted by Crippen LogP contribution is -2.42. The number of thiophene rings is 1. The number of nitrogens with zero attached hydrogens (tertiary/aromatic N) is 2. The molecule has 9 heteroatoms. The Morgan fingerprint density at radius 2 is 2.16 bits per heavy atom. The van der Waals surface area contributed by atoms with Gasteiger partial charge in [-0.15, -0.1) is 23.1 Å². The Labute approximate surface area is 197 Å². The Bertz CT molecular complexity index is 874. The van der Waals surface area contributed by atoms with Crippen LogP contribution in [0.25, 0.3) is 0 Å². The molecule has 1 aromatic heterocycles. The lowest BCUT2D eigenvalue weighted by molar-refractivity contribution is -0.121. The zero-order valence-corrected chi connectivity index (χ0v) is 20.6. The molecular weight excluding hydrogens is 454 g/mol. The van der Waals surface area contributed by atoms with Gasteiger partial charge in [0.05, 0.1) is 27.1 Å². The van der Waals surface area contributed by atoms with E-state index in [-0.39, 0.29) is 29.1 Å². The van der Waals surface area contributed by atoms with Crippen molar-refractivity contribution in [3.63, 3.8) is 0 Å². The third-order valence-corrected chi connectivity index (χ3v) is 9.17. The molecule has 1 fully saturated rings. The molecule has 6 nitrogen and oxygen atoms in total. The van der Waals surface area contributed by atoms with Crippen LogP contribution in [0.4, 0.5) is 0 Å². The van der Waals surface area contributed by atoms with E-state index in [2.05, 4.69) is 30.3 Å². The molecule has 31 heavy (non-hydrogen) atoms. The topological polar surface area (TPSA) is 61.9 Å². The number of carbonyl (C=O) groups excluding carboxylic acids is 2. The summed E-state index contributed by atoms with van der Waals surface area (Å²) in [5, 5.41) is 2.96. The maximum Gasteiger partial charge on any atom is 0.264 e. The van der Waals surface area contributed by atoms with Crippen LogP contribution in [0.5, 0.6) is 0 Å². The van der Waals surface area contributed by atoms with Crippen LogP contribution >= 0.6 is 34.7 Å². The first-order valence-electron chi connectivity index (χ1n) is 10.8. The quantitative estimate of drug-likeness (QED) is 0.696. The van der Waals surface area contributed by atoms with Crippen LogP contribution in [0, 0.1) is 0 Å². The lowest BCUT2D eigenvalue weighted by Gasteiger charge is -2.23. The average Bonchev–Trinajstić information content (AvgIpc) is 3.43. The maximum atomic E-state index is 13.5. The fourth-order valence-corrected chi connectivity index (χ4v) is 7.22. The van der Waals surface area contributed by atoms with Gasteiger partial charge in [-0.2, -0.15) is 0 Å². The number of amides is 2. The van der Waals surface area contributed by atoms with Gasteiger partial charge >= 0.3 is 0 Å². The van der Waals surface area contributed by atoms with E-state index in [1.807, 2.05) is 11.0 Å². The molecule has 2 amide bonds. The highest BCUT2D eigenvalue weighted by molar-refractivity contribution is 8.06. The Hall–Kier alpha value is -1.06. The summed E-state index contributed by atoms with van der Waals surface area (Å²) in [5.41, 5.74) is 1.31. The van der Waals surface area contributed by atoms with Crippen LogP contribution in [-0.4, -0.2) is 79.3 Å². The molecule has 0 radical (unpaired) electrons. The van der Waals surface area contributed by atoms with Gasteiger partial charge in [-0.25, -0.2) is 0 Å². The molecule has 0 aromatic carbocycles. The van der Waals surface area contributed by atoms with Gasteiger partial charge in [0.15, 0.2) is 0 Å². The number of hydrogen-bond acceptors (Lipinski definition) is 6. The van der Waals surface area contributed by atoms with Gasteiger partial charge in [-0.05, 0) is 37.9 Å². The molecule has 0 bridgehead atoms. The van der Waals surface area contributed by atoms with Gasteiger partial charge in [-0.3, -0.25) is 9.59 Å². The number of methoxy groups -OCH3 is 1. The predicted octanol–water partition coefficient (Wildman–Crippen LogP) is 3.27. The summed E-state index contributed by atoms with van der Waals surface area (Å²) in [4.78, 5) is 32.5. The minimum absolute atomic E-state index is 0.00634. The summed E-state index contributed by atoms with van der Waals surface area (Å²) in [6.07, 6.45) is 4.22. The van der Waals surface area contributed by atoms with Gasteiger partial charge in [0.25, 0.3) is 5.91 Å². The van der Waals surface area contributed by atoms with Gasteiger partial charge in [0.1, 0.15) is 0 Å². The molecule has 1 aromatic rings. The number of rotatable bonds is 5. The minimum Gasteiger partial charge on any atom is -0.383 e. The number of thioether (sulfide) groups is 1. The second kappa shape index (κ2) is 9.83. The van der Waals surface area contributed by atoms with Crippen molar-refractivity contribution in [2.45, 2.75) is 49.4 Å². The number of halogens is 1. The molecule has 1 saturated heterocycles. The summed E-state index contributed by atoms with van der Waals surface area (Å²) in [6.45, 7) is 5.25. The van der Waals surface area contributed by atoms with Crippen molar-refractivity contribution >= 4 is 46.5 Å². The van der Waals surface area contributed by atoms with Crippen molar-refractivity contribution in [2.75, 3.05) is 40.4 Å². The zero-order chi connectivity index (χ0) is 22.1. The van der Waals surface area contributed by atoms with Crippen LogP contribution in [0.1, 0.15) is 45.8 Å². The first-order chi connectivity index (χ1) is 14.9. The minimum atomic E-state index is -0.175. The van der Waals surface area contributed by atoms with E-state index in [1.54, 1.807) is 18.4 Å². The van der Waals surface area contributed by atoms with Gasteiger partial charge in [-0.1, -0.05) is 24.6 Å². The number of carbonyl (C=O) groups is 2. The standard InChI is InChI=1S/C22H30ClN3O3S2/c1-13-10-25(2)7-6-14-8-18(31-20(13)14)22(28)26-11-15(9-16(26)12-29-3)24-21(27)17-4-5-19(23)30-17/h5,8,13,15-17H,4,6-7,9-12H2,1-3H3,(H,24,27)/t13?,15-,16+,17?/m1/s1. The van der Waals surface area contributed by atoms with Crippen molar-refractivity contribution in [3.8, 4) is 0 Å². The summed E-state index contributed by atoms with van der Waals surface area (Å²) >= 11 is 9.04. The van der Waals surface area contributed by atoms with E-state index >= 15 is 0 Å². The second-order valence-corrected chi connectivity index (χ2v) is 11.7. The summed E-state index contributed by atoms with van der Waals surface area (Å²) in [5.74, 6) is 0.476. The van der Waals surface area contributed by atoms with Crippen molar-refractivity contribution in [1.29, 1.82) is 0 Å². The average molecular weight is 484 g/mol. The van der Waals surface area contributed by atoms with Crippen LogP contribution in [0.3, 0.4) is 0 Å². The molecule has 170 valence electrons. The fourth-order valence-electron chi connectivity index (χ4n) is 4.76. The number of fused-ring (bicyclic) bond motifs is 1. The molecule has 4 rings (SSSR count). The number of nitrogens with one attached hydrogen (secondary N) is 1. The van der Waals surface area contributed by atoms with E-state index in [4.69, 9.17) is 16.3 Å². The molecule has 3 aliphatic rings. The van der Waals surface area contributed by atoms with Crippen molar-refractivity contribution < 1.29 is 14.3 Å². The molecule has 0 spiro atoms. The van der Waals surface area contributed by atoms with Gasteiger partial charge < -0.3 is 19.9 Å². The molecule has 2 unspecified atom stereocenters. The summed E-state index contributed by atoms with van der Waals surface area (Å²) < 4.78 is 6.08. The Kier molecular flexibility index (Phi) is 7.33. The van der Waals surface area contributed by atoms with Crippen molar-refractivity contribution in [2.24, 2.45) is 0 Å². The summed E-state index contributed by atoms with van der Waals surface area (Å²) in [7, 11) is 3.81. The van der Waals surface area contributed by atoms with Crippen LogP contribution < -0.4 is 5.32 Å². The number of likely N-dealkylation sites (tertiary alicyclic amines) is 1. The molecule has 0 aliphatic carbocycles.